The van der Waals surface area contributed by atoms with Crippen LogP contribution in [0.3, 0.4) is 0 Å². The number of aromatic nitrogens is 1. The minimum absolute atomic E-state index is 0.0789. The second-order valence-corrected chi connectivity index (χ2v) is 6.83. The van der Waals surface area contributed by atoms with Gasteiger partial charge in [0.15, 0.2) is 0 Å². The second-order valence-electron chi connectivity index (χ2n) is 6.83. The molecule has 6 nitrogen and oxygen atoms in total. The van der Waals surface area contributed by atoms with Crippen molar-refractivity contribution < 1.29 is 15.0 Å². The number of carbonyl (C=O) groups is 1. The van der Waals surface area contributed by atoms with Crippen LogP contribution >= 0.6 is 0 Å². The molecule has 26 heavy (non-hydrogen) atoms. The number of nitrogens with zero attached hydrogens (tertiary/aromatic N) is 2. The van der Waals surface area contributed by atoms with E-state index in [2.05, 4.69) is 11.1 Å². The van der Waals surface area contributed by atoms with Crippen molar-refractivity contribution in [3.8, 4) is 23.1 Å². The third kappa shape index (κ3) is 3.08. The number of carboxylic acid groups (broad SMARTS) is 1. The number of nitrogen functional groups attached to an aromatic ring is 1. The molecule has 3 atom stereocenters. The van der Waals surface area contributed by atoms with E-state index >= 15 is 0 Å². The SMILES string of the molecule is C[C@H]1C(C(=O)O)CCCC1c1cc(-c2ccccc2O)nc(N)c1C#N. The number of pyridine rings is 1. The van der Waals surface area contributed by atoms with Gasteiger partial charge >= 0.3 is 5.97 Å². The highest BCUT2D eigenvalue weighted by Gasteiger charge is 2.36. The zero-order chi connectivity index (χ0) is 18.8. The molecule has 2 unspecified atom stereocenters. The first kappa shape index (κ1) is 17.7. The van der Waals surface area contributed by atoms with Gasteiger partial charge in [0.25, 0.3) is 0 Å². The Morgan fingerprint density at radius 3 is 2.73 bits per heavy atom. The fourth-order valence-corrected chi connectivity index (χ4v) is 3.98. The molecule has 2 aromatic rings. The summed E-state index contributed by atoms with van der Waals surface area (Å²) in [5, 5.41) is 29.2. The number of hydrogen-bond donors (Lipinski definition) is 3. The number of nitriles is 1. The van der Waals surface area contributed by atoms with Gasteiger partial charge in [0.2, 0.25) is 0 Å². The number of aromatic hydroxyl groups is 1. The van der Waals surface area contributed by atoms with Gasteiger partial charge in [-0.05, 0) is 48.4 Å². The summed E-state index contributed by atoms with van der Waals surface area (Å²) in [4.78, 5) is 15.8. The summed E-state index contributed by atoms with van der Waals surface area (Å²) < 4.78 is 0. The molecular formula is C20H21N3O3. The van der Waals surface area contributed by atoms with Crippen LogP contribution in [0.15, 0.2) is 30.3 Å². The Hall–Kier alpha value is -3.07. The van der Waals surface area contributed by atoms with Gasteiger partial charge in [0.1, 0.15) is 17.6 Å². The average molecular weight is 351 g/mol. The van der Waals surface area contributed by atoms with Crippen LogP contribution in [0.2, 0.25) is 0 Å². The molecule has 0 radical (unpaired) electrons. The first-order valence-corrected chi connectivity index (χ1v) is 8.65. The van der Waals surface area contributed by atoms with E-state index in [1.165, 1.54) is 0 Å². The summed E-state index contributed by atoms with van der Waals surface area (Å²) in [6.45, 7) is 1.92. The number of benzene rings is 1. The van der Waals surface area contributed by atoms with Gasteiger partial charge in [0.05, 0.1) is 17.2 Å². The van der Waals surface area contributed by atoms with Crippen LogP contribution in [-0.4, -0.2) is 21.2 Å². The zero-order valence-electron chi connectivity index (χ0n) is 14.5. The molecule has 1 aliphatic carbocycles. The van der Waals surface area contributed by atoms with Gasteiger partial charge in [-0.3, -0.25) is 4.79 Å². The summed E-state index contributed by atoms with van der Waals surface area (Å²) in [5.74, 6) is -1.27. The summed E-state index contributed by atoms with van der Waals surface area (Å²) in [5.41, 5.74) is 8.07. The monoisotopic (exact) mass is 351 g/mol. The Balaban J connectivity index is 2.13. The third-order valence-corrected chi connectivity index (χ3v) is 5.39. The molecule has 0 spiro atoms. The van der Waals surface area contributed by atoms with E-state index in [0.717, 1.165) is 18.4 Å². The number of nitrogens with two attached hydrogens (primary N) is 1. The van der Waals surface area contributed by atoms with E-state index in [9.17, 15) is 20.3 Å². The molecule has 1 aliphatic rings. The van der Waals surface area contributed by atoms with Crippen LogP contribution in [-0.2, 0) is 4.79 Å². The molecule has 3 rings (SSSR count). The largest absolute Gasteiger partial charge is 0.507 e. The first-order chi connectivity index (χ1) is 12.4. The zero-order valence-corrected chi connectivity index (χ0v) is 14.5. The highest BCUT2D eigenvalue weighted by atomic mass is 16.4. The van der Waals surface area contributed by atoms with Gasteiger partial charge in [-0.1, -0.05) is 25.5 Å². The van der Waals surface area contributed by atoms with Gasteiger partial charge in [-0.15, -0.1) is 0 Å². The number of anilines is 1. The number of phenols is 1. The molecule has 0 aliphatic heterocycles. The smallest absolute Gasteiger partial charge is 0.306 e. The molecule has 0 saturated heterocycles. The number of para-hydroxylation sites is 1. The minimum atomic E-state index is -0.802. The number of aliphatic carboxylic acids is 1. The fourth-order valence-electron chi connectivity index (χ4n) is 3.98. The molecule has 6 heteroatoms. The molecule has 0 amide bonds. The van der Waals surface area contributed by atoms with Crippen LogP contribution < -0.4 is 5.73 Å². The molecule has 0 bridgehead atoms. The minimum Gasteiger partial charge on any atom is -0.507 e. The normalized spacial score (nSPS) is 22.5. The van der Waals surface area contributed by atoms with Crippen LogP contribution in [0, 0.1) is 23.2 Å². The van der Waals surface area contributed by atoms with Gasteiger partial charge in [0, 0.05) is 5.56 Å². The van der Waals surface area contributed by atoms with Crippen molar-refractivity contribution in [2.45, 2.75) is 32.1 Å². The Morgan fingerprint density at radius 1 is 1.35 bits per heavy atom. The van der Waals surface area contributed by atoms with Crippen molar-refractivity contribution in [3.63, 3.8) is 0 Å². The van der Waals surface area contributed by atoms with Crippen molar-refractivity contribution in [2.75, 3.05) is 5.73 Å². The number of rotatable bonds is 3. The highest BCUT2D eigenvalue weighted by Crippen LogP contribution is 2.44. The Kier molecular flexibility index (Phi) is 4.81. The number of carboxylic acids is 1. The molecule has 1 fully saturated rings. The lowest BCUT2D eigenvalue weighted by molar-refractivity contribution is -0.145. The Morgan fingerprint density at radius 2 is 2.08 bits per heavy atom. The van der Waals surface area contributed by atoms with E-state index < -0.39 is 11.9 Å². The van der Waals surface area contributed by atoms with E-state index in [1.54, 1.807) is 30.3 Å². The van der Waals surface area contributed by atoms with Crippen molar-refractivity contribution in [2.24, 2.45) is 11.8 Å². The van der Waals surface area contributed by atoms with Crippen LogP contribution in [0.25, 0.3) is 11.3 Å². The standard InChI is InChI=1S/C20H21N3O3/c1-11-12(6-4-7-13(11)20(25)26)15-9-17(23-19(22)16(15)10-21)14-5-2-3-8-18(14)24/h2-3,5,8-9,11-13,24H,4,6-7H2,1H3,(H2,22,23)(H,25,26)/t11-,12?,13?/m1/s1. The van der Waals surface area contributed by atoms with E-state index in [0.29, 0.717) is 23.2 Å². The van der Waals surface area contributed by atoms with Crippen molar-refractivity contribution in [3.05, 3.63) is 41.5 Å². The maximum atomic E-state index is 11.6. The van der Waals surface area contributed by atoms with Crippen LogP contribution in [0.1, 0.15) is 43.2 Å². The predicted octanol–water partition coefficient (Wildman–Crippen LogP) is 3.51. The van der Waals surface area contributed by atoms with E-state index in [-0.39, 0.29) is 23.4 Å². The summed E-state index contributed by atoms with van der Waals surface area (Å²) in [7, 11) is 0. The van der Waals surface area contributed by atoms with Gasteiger partial charge in [-0.25, -0.2) is 4.98 Å². The van der Waals surface area contributed by atoms with Gasteiger partial charge in [-0.2, -0.15) is 5.26 Å². The molecule has 1 heterocycles. The van der Waals surface area contributed by atoms with Crippen molar-refractivity contribution in [1.82, 2.24) is 4.98 Å². The number of hydrogen-bond acceptors (Lipinski definition) is 5. The maximum Gasteiger partial charge on any atom is 0.306 e. The molecule has 1 aromatic carbocycles. The lowest BCUT2D eigenvalue weighted by atomic mass is 9.69. The third-order valence-electron chi connectivity index (χ3n) is 5.39. The second kappa shape index (κ2) is 7.04. The first-order valence-electron chi connectivity index (χ1n) is 8.65. The Labute approximate surface area is 151 Å². The highest BCUT2D eigenvalue weighted by molar-refractivity contribution is 5.72. The summed E-state index contributed by atoms with van der Waals surface area (Å²) in [6.07, 6.45) is 2.22. The lowest BCUT2D eigenvalue weighted by Gasteiger charge is -2.34. The quantitative estimate of drug-likeness (QED) is 0.778. The predicted molar refractivity (Wildman–Crippen MR) is 97.3 cm³/mol. The van der Waals surface area contributed by atoms with Crippen molar-refractivity contribution in [1.29, 1.82) is 5.26 Å². The maximum absolute atomic E-state index is 11.6. The molecule has 134 valence electrons. The van der Waals surface area contributed by atoms with Gasteiger partial charge < -0.3 is 15.9 Å². The van der Waals surface area contributed by atoms with Crippen molar-refractivity contribution >= 4 is 11.8 Å². The Bertz CT molecular complexity index is 888. The summed E-state index contributed by atoms with van der Waals surface area (Å²) in [6, 6.07) is 10.7. The van der Waals surface area contributed by atoms with E-state index in [4.69, 9.17) is 5.73 Å². The lowest BCUT2D eigenvalue weighted by Crippen LogP contribution is -2.31. The molecular weight excluding hydrogens is 330 g/mol. The molecule has 4 N–H and O–H groups in total. The van der Waals surface area contributed by atoms with Crippen LogP contribution in [0.4, 0.5) is 5.82 Å². The van der Waals surface area contributed by atoms with E-state index in [1.807, 2.05) is 6.92 Å². The number of phenolic OH excluding ortho intramolecular Hbond substituents is 1. The fraction of sp³-hybridized carbons (Fsp3) is 0.350. The van der Waals surface area contributed by atoms with Crippen LogP contribution in [0.5, 0.6) is 5.75 Å². The molecule has 1 aromatic heterocycles. The summed E-state index contributed by atoms with van der Waals surface area (Å²) >= 11 is 0. The molecule has 1 saturated carbocycles. The average Bonchev–Trinajstić information content (AvgIpc) is 2.61. The topological polar surface area (TPSA) is 120 Å².